The fraction of sp³-hybridized carbons (Fsp3) is 0.833. The van der Waals surface area contributed by atoms with E-state index in [1.807, 2.05) is 9.80 Å². The number of nitrogens with zero attached hydrogens (tertiary/aromatic N) is 2. The molecule has 0 radical (unpaired) electrons. The van der Waals surface area contributed by atoms with E-state index >= 15 is 0 Å². The van der Waals surface area contributed by atoms with Crippen molar-refractivity contribution in [3.63, 3.8) is 0 Å². The summed E-state index contributed by atoms with van der Waals surface area (Å²) in [5.41, 5.74) is 0. The molecule has 2 atom stereocenters. The molecule has 6 heteroatoms. The highest BCUT2D eigenvalue weighted by Crippen LogP contribution is 2.24. The van der Waals surface area contributed by atoms with E-state index in [-0.39, 0.29) is 11.9 Å². The van der Waals surface area contributed by atoms with Crippen LogP contribution in [0.25, 0.3) is 0 Å². The molecular formula is C12H20ClN3O2. The van der Waals surface area contributed by atoms with Crippen molar-refractivity contribution < 1.29 is 9.59 Å². The van der Waals surface area contributed by atoms with Crippen LogP contribution >= 0.6 is 11.6 Å². The van der Waals surface area contributed by atoms with E-state index in [1.165, 1.54) is 6.42 Å². The fourth-order valence-electron chi connectivity index (χ4n) is 2.60. The molecule has 2 aliphatic heterocycles. The van der Waals surface area contributed by atoms with Crippen LogP contribution in [0, 0.1) is 0 Å². The second-order valence-electron chi connectivity index (χ2n) is 4.98. The summed E-state index contributed by atoms with van der Waals surface area (Å²) < 4.78 is 0. The van der Waals surface area contributed by atoms with Crippen molar-refractivity contribution in [2.24, 2.45) is 0 Å². The predicted octanol–water partition coefficient (Wildman–Crippen LogP) is 1.02. The number of hydrogen-bond donors (Lipinski definition) is 1. The zero-order chi connectivity index (χ0) is 13.1. The average Bonchev–Trinajstić information content (AvgIpc) is 2.67. The molecule has 2 saturated heterocycles. The summed E-state index contributed by atoms with van der Waals surface area (Å²) in [7, 11) is 0. The normalized spacial score (nSPS) is 25.0. The summed E-state index contributed by atoms with van der Waals surface area (Å²) in [4.78, 5) is 27.2. The van der Waals surface area contributed by atoms with Gasteiger partial charge in [-0.15, -0.1) is 11.6 Å². The zero-order valence-corrected chi connectivity index (χ0v) is 11.4. The maximum Gasteiger partial charge on any atom is 0.320 e. The molecule has 5 nitrogen and oxygen atoms in total. The Morgan fingerprint density at radius 3 is 3.00 bits per heavy atom. The molecule has 0 aromatic heterocycles. The Morgan fingerprint density at radius 1 is 1.56 bits per heavy atom. The SMILES string of the molecule is CC(Cl)C(=O)NCCN1CC2CCCCN2C1=O. The van der Waals surface area contributed by atoms with Crippen LogP contribution in [0.1, 0.15) is 26.2 Å². The number of fused-ring (bicyclic) bond motifs is 1. The standard InChI is InChI=1S/C12H20ClN3O2/c1-9(13)11(17)14-5-7-15-8-10-4-2-3-6-16(10)12(15)18/h9-10H,2-8H2,1H3,(H,14,17). The van der Waals surface area contributed by atoms with Gasteiger partial charge < -0.3 is 15.1 Å². The molecule has 2 aliphatic rings. The van der Waals surface area contributed by atoms with Crippen LogP contribution < -0.4 is 5.32 Å². The van der Waals surface area contributed by atoms with E-state index in [9.17, 15) is 9.59 Å². The summed E-state index contributed by atoms with van der Waals surface area (Å²) in [6.07, 6.45) is 3.42. The minimum absolute atomic E-state index is 0.118. The van der Waals surface area contributed by atoms with Crippen LogP contribution in [0.15, 0.2) is 0 Å². The van der Waals surface area contributed by atoms with Gasteiger partial charge in [0.05, 0.1) is 6.04 Å². The summed E-state index contributed by atoms with van der Waals surface area (Å²) in [6, 6.07) is 0.502. The molecule has 0 aliphatic carbocycles. The van der Waals surface area contributed by atoms with Crippen molar-refractivity contribution in [3.05, 3.63) is 0 Å². The maximum atomic E-state index is 12.1. The van der Waals surface area contributed by atoms with Gasteiger partial charge in [-0.3, -0.25) is 4.79 Å². The molecule has 0 saturated carbocycles. The van der Waals surface area contributed by atoms with Gasteiger partial charge in [-0.1, -0.05) is 0 Å². The number of alkyl halides is 1. The lowest BCUT2D eigenvalue weighted by Gasteiger charge is -2.27. The number of carbonyl (C=O) groups is 2. The first kappa shape index (κ1) is 13.5. The number of nitrogens with one attached hydrogen (secondary N) is 1. The molecule has 2 fully saturated rings. The van der Waals surface area contributed by atoms with Crippen molar-refractivity contribution in [2.45, 2.75) is 37.6 Å². The minimum atomic E-state index is -0.523. The van der Waals surface area contributed by atoms with Gasteiger partial charge in [-0.25, -0.2) is 4.79 Å². The highest BCUT2D eigenvalue weighted by molar-refractivity contribution is 6.30. The van der Waals surface area contributed by atoms with E-state index in [4.69, 9.17) is 11.6 Å². The summed E-state index contributed by atoms with van der Waals surface area (Å²) >= 11 is 5.65. The van der Waals surface area contributed by atoms with Gasteiger partial charge in [0.1, 0.15) is 5.38 Å². The van der Waals surface area contributed by atoms with Crippen molar-refractivity contribution in [3.8, 4) is 0 Å². The molecule has 2 rings (SSSR count). The molecule has 3 amide bonds. The Kier molecular flexibility index (Phi) is 4.32. The van der Waals surface area contributed by atoms with Gasteiger partial charge in [-0.2, -0.15) is 0 Å². The van der Waals surface area contributed by atoms with E-state index in [0.717, 1.165) is 25.9 Å². The lowest BCUT2D eigenvalue weighted by molar-refractivity contribution is -0.120. The summed E-state index contributed by atoms with van der Waals surface area (Å²) in [5.74, 6) is -0.180. The van der Waals surface area contributed by atoms with Gasteiger partial charge in [0.2, 0.25) is 5.91 Å². The Bertz CT molecular complexity index is 335. The summed E-state index contributed by atoms with van der Waals surface area (Å²) in [5, 5.41) is 2.20. The third-order valence-electron chi connectivity index (χ3n) is 3.62. The van der Waals surface area contributed by atoms with Crippen LogP contribution in [0.5, 0.6) is 0 Å². The smallest absolute Gasteiger partial charge is 0.320 e. The van der Waals surface area contributed by atoms with Crippen LogP contribution in [-0.2, 0) is 4.79 Å². The van der Waals surface area contributed by atoms with Crippen molar-refractivity contribution in [2.75, 3.05) is 26.2 Å². The van der Waals surface area contributed by atoms with Crippen molar-refractivity contribution in [1.82, 2.24) is 15.1 Å². The number of urea groups is 1. The van der Waals surface area contributed by atoms with Gasteiger partial charge >= 0.3 is 6.03 Å². The van der Waals surface area contributed by atoms with Gasteiger partial charge in [0.15, 0.2) is 0 Å². The van der Waals surface area contributed by atoms with Gasteiger partial charge in [0.25, 0.3) is 0 Å². The molecule has 18 heavy (non-hydrogen) atoms. The molecule has 1 N–H and O–H groups in total. The second-order valence-corrected chi connectivity index (χ2v) is 5.63. The number of rotatable bonds is 4. The monoisotopic (exact) mass is 273 g/mol. The first-order valence-corrected chi connectivity index (χ1v) is 7.00. The molecule has 102 valence electrons. The molecule has 2 unspecified atom stereocenters. The number of amides is 3. The van der Waals surface area contributed by atoms with Crippen LogP contribution in [0.2, 0.25) is 0 Å². The molecule has 0 spiro atoms. The number of carbonyl (C=O) groups excluding carboxylic acids is 2. The average molecular weight is 274 g/mol. The topological polar surface area (TPSA) is 52.7 Å². The first-order valence-electron chi connectivity index (χ1n) is 6.57. The molecule has 2 heterocycles. The minimum Gasteiger partial charge on any atom is -0.353 e. The molecular weight excluding hydrogens is 254 g/mol. The Balaban J connectivity index is 1.77. The first-order chi connectivity index (χ1) is 8.59. The van der Waals surface area contributed by atoms with E-state index in [2.05, 4.69) is 5.32 Å². The van der Waals surface area contributed by atoms with E-state index in [0.29, 0.717) is 19.1 Å². The van der Waals surface area contributed by atoms with E-state index < -0.39 is 5.38 Å². The van der Waals surface area contributed by atoms with Crippen LogP contribution in [-0.4, -0.2) is 59.3 Å². The van der Waals surface area contributed by atoms with Gasteiger partial charge in [0, 0.05) is 26.2 Å². The third kappa shape index (κ3) is 2.88. The second kappa shape index (κ2) is 5.78. The Morgan fingerprint density at radius 2 is 2.33 bits per heavy atom. The molecule has 0 aromatic rings. The van der Waals surface area contributed by atoms with Crippen LogP contribution in [0.3, 0.4) is 0 Å². The third-order valence-corrected chi connectivity index (χ3v) is 3.81. The van der Waals surface area contributed by atoms with Crippen molar-refractivity contribution >= 4 is 23.5 Å². The number of piperidine rings is 1. The van der Waals surface area contributed by atoms with Crippen LogP contribution in [0.4, 0.5) is 4.79 Å². The lowest BCUT2D eigenvalue weighted by Crippen LogP contribution is -2.40. The lowest BCUT2D eigenvalue weighted by atomic mass is 10.0. The molecule has 0 bridgehead atoms. The number of halogens is 1. The van der Waals surface area contributed by atoms with Gasteiger partial charge in [-0.05, 0) is 26.2 Å². The predicted molar refractivity (Wildman–Crippen MR) is 69.6 cm³/mol. The zero-order valence-electron chi connectivity index (χ0n) is 10.7. The molecule has 0 aromatic carbocycles. The Labute approximate surface area is 112 Å². The maximum absolute atomic E-state index is 12.1. The van der Waals surface area contributed by atoms with Crippen molar-refractivity contribution in [1.29, 1.82) is 0 Å². The highest BCUT2D eigenvalue weighted by Gasteiger charge is 2.37. The summed E-state index contributed by atoms with van der Waals surface area (Å²) in [6.45, 7) is 4.36. The highest BCUT2D eigenvalue weighted by atomic mass is 35.5. The fourth-order valence-corrected chi connectivity index (χ4v) is 2.68. The number of hydrogen-bond acceptors (Lipinski definition) is 2. The van der Waals surface area contributed by atoms with E-state index in [1.54, 1.807) is 6.92 Å². The quantitative estimate of drug-likeness (QED) is 0.778. The Hall–Kier alpha value is -0.970. The largest absolute Gasteiger partial charge is 0.353 e.